The van der Waals surface area contributed by atoms with Crippen LogP contribution in [-0.4, -0.2) is 70.0 Å². The first-order chi connectivity index (χ1) is 16.7. The molecule has 11 heteroatoms. The van der Waals surface area contributed by atoms with Gasteiger partial charge in [-0.1, -0.05) is 24.3 Å². The number of likely N-dealkylation sites (tertiary alicyclic amines) is 1. The van der Waals surface area contributed by atoms with Gasteiger partial charge in [-0.3, -0.25) is 14.5 Å². The summed E-state index contributed by atoms with van der Waals surface area (Å²) in [4.78, 5) is 35.6. The average molecular weight is 491 g/mol. The van der Waals surface area contributed by atoms with Crippen LogP contribution in [0.4, 0.5) is 19.0 Å². The number of rotatable bonds is 7. The fourth-order valence-electron chi connectivity index (χ4n) is 4.54. The van der Waals surface area contributed by atoms with E-state index < -0.39 is 24.5 Å². The Hall–Kier alpha value is -3.21. The highest BCUT2D eigenvalue weighted by Crippen LogP contribution is 2.30. The van der Waals surface area contributed by atoms with Crippen LogP contribution in [0.15, 0.2) is 36.7 Å². The third-order valence-corrected chi connectivity index (χ3v) is 6.55. The maximum atomic E-state index is 13.7. The molecule has 0 radical (unpaired) electrons. The molecule has 0 saturated carbocycles. The van der Waals surface area contributed by atoms with E-state index in [0.29, 0.717) is 32.0 Å². The van der Waals surface area contributed by atoms with Gasteiger partial charge in [0.1, 0.15) is 17.8 Å². The maximum Gasteiger partial charge on any atom is 0.394 e. The molecular weight excluding hydrogens is 461 g/mol. The van der Waals surface area contributed by atoms with Crippen LogP contribution in [0, 0.1) is 5.92 Å². The average Bonchev–Trinajstić information content (AvgIpc) is 3.24. The molecule has 4 rings (SSSR count). The van der Waals surface area contributed by atoms with Gasteiger partial charge in [-0.2, -0.15) is 13.2 Å². The number of carbonyl (C=O) groups excluding carboxylic acids is 2. The van der Waals surface area contributed by atoms with Crippen LogP contribution >= 0.6 is 0 Å². The van der Waals surface area contributed by atoms with Crippen molar-refractivity contribution in [2.24, 2.45) is 5.92 Å². The van der Waals surface area contributed by atoms with Crippen molar-refractivity contribution in [2.45, 2.75) is 45.1 Å². The molecule has 2 amide bonds. The molecule has 2 N–H and O–H groups in total. The number of nitrogens with one attached hydrogen (secondary N) is 2. The van der Waals surface area contributed by atoms with Crippen molar-refractivity contribution in [2.75, 3.05) is 31.5 Å². The van der Waals surface area contributed by atoms with Gasteiger partial charge >= 0.3 is 6.18 Å². The first-order valence-corrected chi connectivity index (χ1v) is 11.7. The zero-order chi connectivity index (χ0) is 25.0. The Morgan fingerprint density at radius 1 is 1.11 bits per heavy atom. The van der Waals surface area contributed by atoms with Crippen molar-refractivity contribution in [3.63, 3.8) is 0 Å². The number of nitrogens with zero attached hydrogens (tertiary/aromatic N) is 4. The van der Waals surface area contributed by atoms with E-state index in [2.05, 4.69) is 20.6 Å². The second kappa shape index (κ2) is 10.6. The fraction of sp³-hybridized carbons (Fsp3) is 0.500. The highest BCUT2D eigenvalue weighted by atomic mass is 19.4. The number of halogens is 3. The van der Waals surface area contributed by atoms with Crippen molar-refractivity contribution < 1.29 is 22.8 Å². The predicted molar refractivity (Wildman–Crippen MR) is 123 cm³/mol. The van der Waals surface area contributed by atoms with Crippen LogP contribution in [0.25, 0.3) is 0 Å². The number of piperidine rings is 1. The van der Waals surface area contributed by atoms with Gasteiger partial charge in [0.05, 0.1) is 5.92 Å². The van der Waals surface area contributed by atoms with Crippen LogP contribution in [0.2, 0.25) is 0 Å². The molecular formula is C24H29F3N6O2. The predicted octanol–water partition coefficient (Wildman–Crippen LogP) is 2.82. The van der Waals surface area contributed by atoms with E-state index in [1.54, 1.807) is 9.80 Å². The van der Waals surface area contributed by atoms with E-state index in [1.165, 1.54) is 19.3 Å². The molecule has 1 saturated heterocycles. The van der Waals surface area contributed by atoms with Crippen LogP contribution < -0.4 is 10.6 Å². The maximum absolute atomic E-state index is 13.7. The number of anilines is 1. The normalized spacial score (nSPS) is 17.7. The van der Waals surface area contributed by atoms with Crippen LogP contribution in [-0.2, 0) is 17.9 Å². The van der Waals surface area contributed by atoms with Gasteiger partial charge in [0.25, 0.3) is 5.91 Å². The third-order valence-electron chi connectivity index (χ3n) is 6.55. The van der Waals surface area contributed by atoms with Crippen LogP contribution in [0.1, 0.15) is 41.4 Å². The van der Waals surface area contributed by atoms with E-state index in [9.17, 15) is 22.8 Å². The molecule has 0 spiro atoms. The summed E-state index contributed by atoms with van der Waals surface area (Å²) in [7, 11) is 0. The number of carbonyl (C=O) groups is 2. The number of fused-ring (bicyclic) bond motifs is 1. The lowest BCUT2D eigenvalue weighted by Crippen LogP contribution is -2.42. The Bertz CT molecular complexity index is 1030. The van der Waals surface area contributed by atoms with E-state index in [0.717, 1.165) is 24.0 Å². The second-order valence-electron chi connectivity index (χ2n) is 9.10. The minimum Gasteiger partial charge on any atom is -0.367 e. The summed E-state index contributed by atoms with van der Waals surface area (Å²) in [6.45, 7) is 2.99. The number of hydrogen-bond donors (Lipinski definition) is 2. The van der Waals surface area contributed by atoms with Crippen molar-refractivity contribution in [1.82, 2.24) is 25.1 Å². The molecule has 0 unspecified atom stereocenters. The number of alkyl halides is 3. The zero-order valence-electron chi connectivity index (χ0n) is 19.5. The van der Waals surface area contributed by atoms with Gasteiger partial charge in [-0.05, 0) is 24.0 Å². The number of hydrogen-bond acceptors (Lipinski definition) is 6. The highest BCUT2D eigenvalue weighted by molar-refractivity contribution is 5.92. The summed E-state index contributed by atoms with van der Waals surface area (Å²) >= 11 is 0. The summed E-state index contributed by atoms with van der Waals surface area (Å²) < 4.78 is 41.2. The lowest BCUT2D eigenvalue weighted by Gasteiger charge is -2.31. The monoisotopic (exact) mass is 490 g/mol. The minimum absolute atomic E-state index is 0.00169. The first kappa shape index (κ1) is 24.9. The topological polar surface area (TPSA) is 90.5 Å². The molecule has 2 aliphatic rings. The number of benzene rings is 1. The Kier molecular flexibility index (Phi) is 7.54. The third kappa shape index (κ3) is 6.47. The second-order valence-corrected chi connectivity index (χ2v) is 9.10. The Labute approximate surface area is 201 Å². The lowest BCUT2D eigenvalue weighted by atomic mass is 10.1. The van der Waals surface area contributed by atoms with Crippen LogP contribution in [0.3, 0.4) is 0 Å². The van der Waals surface area contributed by atoms with E-state index in [1.807, 2.05) is 24.3 Å². The molecule has 1 aromatic carbocycles. The number of aromatic nitrogens is 2. The zero-order valence-corrected chi connectivity index (χ0v) is 19.5. The quantitative estimate of drug-likeness (QED) is 0.621. The highest BCUT2D eigenvalue weighted by Gasteiger charge is 2.41. The SMILES string of the molecule is CC(=O)N1CCC(Nc2cc(C(=O)NC[C@@H](CN3Cc4ccccc4C3)C(F)(F)F)ncn2)CC1. The van der Waals surface area contributed by atoms with E-state index >= 15 is 0 Å². The molecule has 1 atom stereocenters. The standard InChI is InChI=1S/C24H29F3N6O2/c1-16(34)33-8-6-20(7-9-33)31-22-10-21(29-15-30-22)23(35)28-11-19(24(25,26)27)14-32-12-17-4-2-3-5-18(17)13-32/h2-5,10,15,19-20H,6-9,11-14H2,1H3,(H,28,35)(H,29,30,31)/t19-/m0/s1. The van der Waals surface area contributed by atoms with Crippen molar-refractivity contribution >= 4 is 17.6 Å². The van der Waals surface area contributed by atoms with Gasteiger partial charge in [0.15, 0.2) is 0 Å². The molecule has 0 bridgehead atoms. The summed E-state index contributed by atoms with van der Waals surface area (Å²) in [5, 5.41) is 5.63. The Morgan fingerprint density at radius 3 is 2.37 bits per heavy atom. The molecule has 8 nitrogen and oxygen atoms in total. The first-order valence-electron chi connectivity index (χ1n) is 11.7. The molecule has 2 aromatic rings. The smallest absolute Gasteiger partial charge is 0.367 e. The summed E-state index contributed by atoms with van der Waals surface area (Å²) in [6, 6.07) is 9.12. The fourth-order valence-corrected chi connectivity index (χ4v) is 4.54. The van der Waals surface area contributed by atoms with E-state index in [4.69, 9.17) is 0 Å². The summed E-state index contributed by atoms with van der Waals surface area (Å²) in [5.41, 5.74) is 2.06. The lowest BCUT2D eigenvalue weighted by molar-refractivity contribution is -0.177. The van der Waals surface area contributed by atoms with E-state index in [-0.39, 0.29) is 24.2 Å². The summed E-state index contributed by atoms with van der Waals surface area (Å²) in [5.74, 6) is -1.92. The molecule has 3 heterocycles. The van der Waals surface area contributed by atoms with Gasteiger partial charge in [0, 0.05) is 58.3 Å². The number of amides is 2. The Morgan fingerprint density at radius 2 is 1.77 bits per heavy atom. The van der Waals surface area contributed by atoms with Gasteiger partial charge in [-0.15, -0.1) is 0 Å². The molecule has 1 aromatic heterocycles. The van der Waals surface area contributed by atoms with Gasteiger partial charge in [0.2, 0.25) is 5.91 Å². The molecule has 35 heavy (non-hydrogen) atoms. The molecule has 2 aliphatic heterocycles. The van der Waals surface area contributed by atoms with Gasteiger partial charge < -0.3 is 15.5 Å². The van der Waals surface area contributed by atoms with Crippen molar-refractivity contribution in [3.05, 3.63) is 53.5 Å². The summed E-state index contributed by atoms with van der Waals surface area (Å²) in [6.07, 6.45) is -1.77. The Balaban J connectivity index is 1.31. The molecule has 188 valence electrons. The van der Waals surface area contributed by atoms with Crippen molar-refractivity contribution in [3.8, 4) is 0 Å². The largest absolute Gasteiger partial charge is 0.394 e. The van der Waals surface area contributed by atoms with Gasteiger partial charge in [-0.25, -0.2) is 9.97 Å². The molecule has 0 aliphatic carbocycles. The minimum atomic E-state index is -4.45. The van der Waals surface area contributed by atoms with Crippen LogP contribution in [0.5, 0.6) is 0 Å². The van der Waals surface area contributed by atoms with Crippen molar-refractivity contribution in [1.29, 1.82) is 0 Å². The molecule has 1 fully saturated rings.